The van der Waals surface area contributed by atoms with Crippen LogP contribution >= 0.6 is 0 Å². The van der Waals surface area contributed by atoms with Gasteiger partial charge in [0.2, 0.25) is 11.8 Å². The number of fused-ring (bicyclic) bond motifs is 1. The molecule has 2 aliphatic rings. The SMILES string of the molecule is COc1ccc2c(c1)CCN(CC(=O)N1CCCC(NC(C)=O)C1)CC2. The van der Waals surface area contributed by atoms with E-state index in [1.807, 2.05) is 11.0 Å². The first-order valence-electron chi connectivity index (χ1n) is 9.48. The van der Waals surface area contributed by atoms with Gasteiger partial charge < -0.3 is 15.0 Å². The Balaban J connectivity index is 1.54. The van der Waals surface area contributed by atoms with Crippen LogP contribution in [0.4, 0.5) is 0 Å². The molecule has 0 aliphatic carbocycles. The highest BCUT2D eigenvalue weighted by molar-refractivity contribution is 5.78. The van der Waals surface area contributed by atoms with E-state index in [4.69, 9.17) is 4.74 Å². The van der Waals surface area contributed by atoms with Crippen molar-refractivity contribution in [2.45, 2.75) is 38.6 Å². The van der Waals surface area contributed by atoms with Crippen LogP contribution in [0.1, 0.15) is 30.9 Å². The van der Waals surface area contributed by atoms with Crippen LogP contribution < -0.4 is 10.1 Å². The van der Waals surface area contributed by atoms with Crippen LogP contribution in [0, 0.1) is 0 Å². The van der Waals surface area contributed by atoms with E-state index < -0.39 is 0 Å². The van der Waals surface area contributed by atoms with Gasteiger partial charge >= 0.3 is 0 Å². The number of nitrogens with one attached hydrogen (secondary N) is 1. The lowest BCUT2D eigenvalue weighted by Crippen LogP contribution is -2.51. The highest BCUT2D eigenvalue weighted by Gasteiger charge is 2.26. The molecule has 3 rings (SSSR count). The maximum Gasteiger partial charge on any atom is 0.236 e. The van der Waals surface area contributed by atoms with Crippen LogP contribution in [0.15, 0.2) is 18.2 Å². The fourth-order valence-corrected chi connectivity index (χ4v) is 3.93. The first-order valence-corrected chi connectivity index (χ1v) is 9.48. The normalized spacial score (nSPS) is 20.8. The summed E-state index contributed by atoms with van der Waals surface area (Å²) in [4.78, 5) is 28.2. The monoisotopic (exact) mass is 359 g/mol. The molecule has 1 saturated heterocycles. The third-order valence-corrected chi connectivity index (χ3v) is 5.35. The van der Waals surface area contributed by atoms with E-state index in [0.717, 1.165) is 51.1 Å². The summed E-state index contributed by atoms with van der Waals surface area (Å²) in [7, 11) is 1.69. The second-order valence-electron chi connectivity index (χ2n) is 7.29. The number of hydrogen-bond acceptors (Lipinski definition) is 4. The molecule has 1 unspecified atom stereocenters. The minimum Gasteiger partial charge on any atom is -0.497 e. The number of likely N-dealkylation sites (tertiary alicyclic amines) is 1. The lowest BCUT2D eigenvalue weighted by Gasteiger charge is -2.34. The molecule has 0 saturated carbocycles. The van der Waals surface area contributed by atoms with Gasteiger partial charge in [-0.3, -0.25) is 14.5 Å². The van der Waals surface area contributed by atoms with Crippen molar-refractivity contribution in [3.63, 3.8) is 0 Å². The van der Waals surface area contributed by atoms with Gasteiger partial charge in [0, 0.05) is 39.1 Å². The number of nitrogens with zero attached hydrogens (tertiary/aromatic N) is 2. The summed E-state index contributed by atoms with van der Waals surface area (Å²) in [6.45, 7) is 5.19. The smallest absolute Gasteiger partial charge is 0.236 e. The Hall–Kier alpha value is -2.08. The molecule has 2 amide bonds. The van der Waals surface area contributed by atoms with Gasteiger partial charge in [-0.1, -0.05) is 6.07 Å². The molecule has 1 aromatic rings. The molecular weight excluding hydrogens is 330 g/mol. The second-order valence-corrected chi connectivity index (χ2v) is 7.29. The topological polar surface area (TPSA) is 61.9 Å². The summed E-state index contributed by atoms with van der Waals surface area (Å²) < 4.78 is 5.32. The summed E-state index contributed by atoms with van der Waals surface area (Å²) in [6, 6.07) is 6.35. The Bertz CT molecular complexity index is 662. The first kappa shape index (κ1) is 18.7. The van der Waals surface area contributed by atoms with Crippen LogP contribution in [0.5, 0.6) is 5.75 Å². The zero-order chi connectivity index (χ0) is 18.5. The Morgan fingerprint density at radius 2 is 1.96 bits per heavy atom. The molecule has 1 N–H and O–H groups in total. The van der Waals surface area contributed by atoms with Gasteiger partial charge in [0.1, 0.15) is 5.75 Å². The molecule has 0 radical (unpaired) electrons. The fraction of sp³-hybridized carbons (Fsp3) is 0.600. The van der Waals surface area contributed by atoms with E-state index in [9.17, 15) is 9.59 Å². The fourth-order valence-electron chi connectivity index (χ4n) is 3.93. The first-order chi connectivity index (χ1) is 12.5. The maximum atomic E-state index is 12.7. The van der Waals surface area contributed by atoms with Gasteiger partial charge in [-0.2, -0.15) is 0 Å². The molecule has 0 aromatic heterocycles. The number of benzene rings is 1. The number of piperidine rings is 1. The lowest BCUT2D eigenvalue weighted by atomic mass is 10.0. The molecule has 0 spiro atoms. The van der Waals surface area contributed by atoms with Crippen LogP contribution in [-0.2, 0) is 22.4 Å². The van der Waals surface area contributed by atoms with Crippen molar-refractivity contribution in [3.8, 4) is 5.75 Å². The average Bonchev–Trinajstić information content (AvgIpc) is 2.83. The van der Waals surface area contributed by atoms with E-state index in [1.54, 1.807) is 7.11 Å². The molecule has 6 nitrogen and oxygen atoms in total. The number of ether oxygens (including phenoxy) is 1. The van der Waals surface area contributed by atoms with Crippen molar-refractivity contribution in [3.05, 3.63) is 29.3 Å². The van der Waals surface area contributed by atoms with Crippen molar-refractivity contribution in [2.75, 3.05) is 39.8 Å². The summed E-state index contributed by atoms with van der Waals surface area (Å²) in [5, 5.41) is 2.94. The molecule has 1 fully saturated rings. The molecule has 1 atom stereocenters. The molecular formula is C20H29N3O3. The number of carbonyl (C=O) groups excluding carboxylic acids is 2. The molecule has 2 heterocycles. The highest BCUT2D eigenvalue weighted by Crippen LogP contribution is 2.22. The standard InChI is InChI=1S/C20H29N3O3/c1-15(24)21-18-4-3-9-23(13-18)20(25)14-22-10-7-16-5-6-19(26-2)12-17(16)8-11-22/h5-6,12,18H,3-4,7-11,13-14H2,1-2H3,(H,21,24). The van der Waals surface area contributed by atoms with Crippen LogP contribution in [0.25, 0.3) is 0 Å². The van der Waals surface area contributed by atoms with Crippen molar-refractivity contribution in [1.29, 1.82) is 0 Å². The number of rotatable bonds is 4. The van der Waals surface area contributed by atoms with E-state index in [2.05, 4.69) is 22.3 Å². The van der Waals surface area contributed by atoms with Crippen LogP contribution in [-0.4, -0.2) is 67.5 Å². The number of methoxy groups -OCH3 is 1. The van der Waals surface area contributed by atoms with Gasteiger partial charge in [0.25, 0.3) is 0 Å². The second kappa shape index (κ2) is 8.54. The van der Waals surface area contributed by atoms with Crippen molar-refractivity contribution >= 4 is 11.8 Å². The zero-order valence-corrected chi connectivity index (χ0v) is 15.8. The zero-order valence-electron chi connectivity index (χ0n) is 15.8. The Kier molecular flexibility index (Phi) is 6.14. The van der Waals surface area contributed by atoms with E-state index in [0.29, 0.717) is 13.1 Å². The number of amides is 2. The quantitative estimate of drug-likeness (QED) is 0.878. The number of carbonyl (C=O) groups is 2. The molecule has 6 heteroatoms. The summed E-state index contributed by atoms with van der Waals surface area (Å²) in [5.74, 6) is 1.04. The molecule has 26 heavy (non-hydrogen) atoms. The molecule has 2 aliphatic heterocycles. The largest absolute Gasteiger partial charge is 0.497 e. The Morgan fingerprint density at radius 3 is 2.69 bits per heavy atom. The Morgan fingerprint density at radius 1 is 1.19 bits per heavy atom. The van der Waals surface area contributed by atoms with Gasteiger partial charge in [-0.05, 0) is 48.9 Å². The van der Waals surface area contributed by atoms with E-state index in [-0.39, 0.29) is 17.9 Å². The van der Waals surface area contributed by atoms with Crippen molar-refractivity contribution < 1.29 is 14.3 Å². The van der Waals surface area contributed by atoms with Crippen LogP contribution in [0.2, 0.25) is 0 Å². The van der Waals surface area contributed by atoms with Gasteiger partial charge in [-0.25, -0.2) is 0 Å². The third-order valence-electron chi connectivity index (χ3n) is 5.35. The van der Waals surface area contributed by atoms with Gasteiger partial charge in [-0.15, -0.1) is 0 Å². The molecule has 1 aromatic carbocycles. The van der Waals surface area contributed by atoms with Crippen molar-refractivity contribution in [1.82, 2.24) is 15.1 Å². The van der Waals surface area contributed by atoms with Gasteiger partial charge in [0.15, 0.2) is 0 Å². The summed E-state index contributed by atoms with van der Waals surface area (Å²) >= 11 is 0. The Labute approximate surface area is 155 Å². The highest BCUT2D eigenvalue weighted by atomic mass is 16.5. The van der Waals surface area contributed by atoms with Gasteiger partial charge in [0.05, 0.1) is 13.7 Å². The third kappa shape index (κ3) is 4.75. The van der Waals surface area contributed by atoms with E-state index in [1.165, 1.54) is 18.1 Å². The average molecular weight is 359 g/mol. The van der Waals surface area contributed by atoms with Crippen molar-refractivity contribution in [2.24, 2.45) is 0 Å². The number of hydrogen-bond donors (Lipinski definition) is 1. The van der Waals surface area contributed by atoms with E-state index >= 15 is 0 Å². The predicted octanol–water partition coefficient (Wildman–Crippen LogP) is 1.22. The molecule has 142 valence electrons. The lowest BCUT2D eigenvalue weighted by molar-refractivity contribution is -0.134. The maximum absolute atomic E-state index is 12.7. The summed E-state index contributed by atoms with van der Waals surface area (Å²) in [5.41, 5.74) is 2.67. The minimum absolute atomic E-state index is 0.0231. The summed E-state index contributed by atoms with van der Waals surface area (Å²) in [6.07, 6.45) is 3.79. The minimum atomic E-state index is -0.0231. The predicted molar refractivity (Wildman–Crippen MR) is 100 cm³/mol. The molecule has 0 bridgehead atoms. The van der Waals surface area contributed by atoms with Crippen LogP contribution in [0.3, 0.4) is 0 Å².